The molecule has 5 heteroatoms. The maximum Gasteiger partial charge on any atom is 0.236 e. The topological polar surface area (TPSA) is 43.9 Å². The summed E-state index contributed by atoms with van der Waals surface area (Å²) in [6.07, 6.45) is 3.96. The van der Waals surface area contributed by atoms with Gasteiger partial charge in [0.05, 0.1) is 11.0 Å². The van der Waals surface area contributed by atoms with Gasteiger partial charge in [0, 0.05) is 41.9 Å². The van der Waals surface area contributed by atoms with E-state index in [9.17, 15) is 0 Å². The Hall–Kier alpha value is -6.82. The van der Waals surface area contributed by atoms with Crippen molar-refractivity contribution in [2.75, 3.05) is 0 Å². The summed E-state index contributed by atoms with van der Waals surface area (Å²) < 4.78 is 11.4. The minimum absolute atomic E-state index is 0.585. The number of hydrogen-bond donors (Lipinski definition) is 0. The molecule has 11 aromatic rings. The summed E-state index contributed by atoms with van der Waals surface area (Å²) in [6, 6.07) is 46.8. The van der Waals surface area contributed by atoms with Crippen molar-refractivity contribution in [1.29, 1.82) is 0 Å². The lowest BCUT2D eigenvalue weighted by atomic mass is 9.93. The van der Waals surface area contributed by atoms with Gasteiger partial charge in [-0.3, -0.25) is 4.57 Å². The van der Waals surface area contributed by atoms with Crippen LogP contribution in [0.3, 0.4) is 0 Å². The Morgan fingerprint density at radius 3 is 2.09 bits per heavy atom. The van der Waals surface area contributed by atoms with Crippen LogP contribution in [-0.2, 0) is 0 Å². The normalized spacial score (nSPS) is 11.9. The van der Waals surface area contributed by atoms with E-state index in [-0.39, 0.29) is 0 Å². The fourth-order valence-electron chi connectivity index (χ4n) is 8.60. The van der Waals surface area contributed by atoms with Crippen molar-refractivity contribution in [3.8, 4) is 28.3 Å². The number of fused-ring (bicyclic) bond motifs is 11. The molecule has 0 bridgehead atoms. The van der Waals surface area contributed by atoms with Gasteiger partial charge in [0.1, 0.15) is 16.8 Å². The lowest BCUT2D eigenvalue weighted by Crippen LogP contribution is -2.03. The molecular formula is C49H31N3OS. The van der Waals surface area contributed by atoms with Gasteiger partial charge >= 0.3 is 0 Å². The van der Waals surface area contributed by atoms with Gasteiger partial charge < -0.3 is 4.42 Å². The number of rotatable bonds is 5. The minimum atomic E-state index is 0.585. The molecule has 0 saturated carbocycles. The minimum Gasteiger partial charge on any atom is -0.452 e. The van der Waals surface area contributed by atoms with E-state index in [1.807, 2.05) is 30.4 Å². The van der Waals surface area contributed by atoms with Gasteiger partial charge in [0.2, 0.25) is 5.95 Å². The number of hydrogen-bond acceptors (Lipinski definition) is 4. The van der Waals surface area contributed by atoms with E-state index in [0.29, 0.717) is 11.5 Å². The zero-order chi connectivity index (χ0) is 36.1. The van der Waals surface area contributed by atoms with E-state index >= 15 is 0 Å². The molecule has 0 unspecified atom stereocenters. The van der Waals surface area contributed by atoms with Gasteiger partial charge in [-0.25, -0.2) is 9.97 Å². The number of para-hydroxylation sites is 2. The second kappa shape index (κ2) is 11.6. The average Bonchev–Trinajstić information content (AvgIpc) is 3.90. The Bertz CT molecular complexity index is 3380. The molecule has 4 nitrogen and oxygen atoms in total. The first-order valence-electron chi connectivity index (χ1n) is 18.1. The third-order valence-electron chi connectivity index (χ3n) is 10.9. The number of furan rings is 1. The Kier molecular flexibility index (Phi) is 6.61. The van der Waals surface area contributed by atoms with Crippen LogP contribution >= 0.6 is 11.3 Å². The van der Waals surface area contributed by atoms with Gasteiger partial charge in [-0.1, -0.05) is 135 Å². The zero-order valence-corrected chi connectivity index (χ0v) is 30.2. The van der Waals surface area contributed by atoms with Crippen molar-refractivity contribution in [2.45, 2.75) is 6.92 Å². The van der Waals surface area contributed by atoms with Gasteiger partial charge in [0.15, 0.2) is 5.58 Å². The number of thiophene rings is 1. The molecule has 4 heterocycles. The third-order valence-corrected chi connectivity index (χ3v) is 12.1. The molecule has 54 heavy (non-hydrogen) atoms. The van der Waals surface area contributed by atoms with Crippen LogP contribution in [0.1, 0.15) is 16.7 Å². The van der Waals surface area contributed by atoms with Crippen molar-refractivity contribution < 1.29 is 4.42 Å². The number of nitrogens with zero attached hydrogens (tertiary/aromatic N) is 3. The highest BCUT2D eigenvalue weighted by Gasteiger charge is 2.27. The number of aryl methyl sites for hydroxylation is 1. The van der Waals surface area contributed by atoms with Crippen LogP contribution in [0, 0.1) is 6.92 Å². The zero-order valence-electron chi connectivity index (χ0n) is 29.4. The first kappa shape index (κ1) is 30.8. The van der Waals surface area contributed by atoms with Crippen molar-refractivity contribution in [2.24, 2.45) is 0 Å². The van der Waals surface area contributed by atoms with Gasteiger partial charge in [-0.2, -0.15) is 0 Å². The fourth-order valence-corrected chi connectivity index (χ4v) is 9.94. The van der Waals surface area contributed by atoms with Gasteiger partial charge in [0.25, 0.3) is 0 Å². The first-order valence-corrected chi connectivity index (χ1v) is 18.9. The predicted molar refractivity (Wildman–Crippen MR) is 230 cm³/mol. The van der Waals surface area contributed by atoms with Crippen LogP contribution in [0.25, 0.3) is 115 Å². The van der Waals surface area contributed by atoms with Crippen molar-refractivity contribution >= 4 is 98.3 Å². The van der Waals surface area contributed by atoms with Crippen LogP contribution in [0.4, 0.5) is 0 Å². The smallest absolute Gasteiger partial charge is 0.236 e. The second-order valence-electron chi connectivity index (χ2n) is 13.8. The molecule has 11 rings (SSSR count). The summed E-state index contributed by atoms with van der Waals surface area (Å²) in [5.41, 5.74) is 11.8. The molecule has 7 aromatic carbocycles. The molecule has 0 aliphatic carbocycles. The highest BCUT2D eigenvalue weighted by Crippen LogP contribution is 2.49. The molecule has 0 fully saturated rings. The maximum absolute atomic E-state index is 6.69. The van der Waals surface area contributed by atoms with Crippen LogP contribution in [0.2, 0.25) is 0 Å². The molecule has 0 amide bonds. The molecule has 0 aliphatic rings. The average molecular weight is 710 g/mol. The lowest BCUT2D eigenvalue weighted by Gasteiger charge is -2.14. The summed E-state index contributed by atoms with van der Waals surface area (Å²) in [7, 11) is 0. The highest BCUT2D eigenvalue weighted by atomic mass is 32.1. The van der Waals surface area contributed by atoms with Crippen molar-refractivity contribution in [1.82, 2.24) is 14.5 Å². The molecule has 0 saturated heterocycles. The summed E-state index contributed by atoms with van der Waals surface area (Å²) in [6.45, 7) is 10.8. The number of aromatic nitrogens is 3. The maximum atomic E-state index is 6.69. The first-order chi connectivity index (χ1) is 26.6. The lowest BCUT2D eigenvalue weighted by molar-refractivity contribution is 0.666. The van der Waals surface area contributed by atoms with E-state index < -0.39 is 0 Å². The van der Waals surface area contributed by atoms with Gasteiger partial charge in [-0.05, 0) is 69.8 Å². The Labute approximate surface area is 314 Å². The molecular weight excluding hydrogens is 679 g/mol. The Morgan fingerprint density at radius 2 is 1.30 bits per heavy atom. The fraction of sp³-hybridized carbons (Fsp3) is 0.0204. The SMILES string of the molecule is C=Cc1c(C=C)c2c3ccccc3n(-c3nc(-c4ccc(-c5ccccc5)c5ccccc45)c4oc5ccccc5c4n3)c2c2c1sc1cccc(C)c12. The predicted octanol–water partition coefficient (Wildman–Crippen LogP) is 13.9. The van der Waals surface area contributed by atoms with Crippen molar-refractivity contribution in [3.05, 3.63) is 163 Å². The monoisotopic (exact) mass is 709 g/mol. The van der Waals surface area contributed by atoms with Crippen molar-refractivity contribution in [3.63, 3.8) is 0 Å². The van der Waals surface area contributed by atoms with E-state index in [4.69, 9.17) is 14.4 Å². The van der Waals surface area contributed by atoms with E-state index in [0.717, 1.165) is 71.4 Å². The third kappa shape index (κ3) is 4.18. The molecule has 4 aromatic heterocycles. The molecule has 0 radical (unpaired) electrons. The molecule has 0 spiro atoms. The Morgan fingerprint density at radius 1 is 0.611 bits per heavy atom. The summed E-state index contributed by atoms with van der Waals surface area (Å²) in [5.74, 6) is 0.585. The molecule has 0 N–H and O–H groups in total. The number of benzene rings is 7. The summed E-state index contributed by atoms with van der Waals surface area (Å²) >= 11 is 1.80. The standard InChI is InChI=1S/C49H31N3OS/c1-4-30-31(5-2)48-43(41-28(3)16-15-25-40(41)54-48)46-42(30)36-21-11-13-23-38(36)52(46)49-50-44(47-45(51-49)37-22-12-14-24-39(37)53-47)35-27-26-32(29-17-7-6-8-18-29)33-19-9-10-20-34(33)35/h4-27H,1-2H2,3H3. The van der Waals surface area contributed by atoms with Crippen LogP contribution in [0.5, 0.6) is 0 Å². The van der Waals surface area contributed by atoms with E-state index in [2.05, 4.69) is 140 Å². The van der Waals surface area contributed by atoms with Gasteiger partial charge in [-0.15, -0.1) is 11.3 Å². The molecule has 0 aliphatic heterocycles. The van der Waals surface area contributed by atoms with E-state index in [1.165, 1.54) is 36.9 Å². The molecule has 254 valence electrons. The Balaban J connectivity index is 1.34. The summed E-state index contributed by atoms with van der Waals surface area (Å²) in [5, 5.41) is 7.84. The highest BCUT2D eigenvalue weighted by molar-refractivity contribution is 7.26. The van der Waals surface area contributed by atoms with E-state index in [1.54, 1.807) is 11.3 Å². The molecule has 0 atom stereocenters. The second-order valence-corrected chi connectivity index (χ2v) is 14.8. The van der Waals surface area contributed by atoms with Crippen LogP contribution in [-0.4, -0.2) is 14.5 Å². The quantitative estimate of drug-likeness (QED) is 0.179. The largest absolute Gasteiger partial charge is 0.452 e. The van der Waals surface area contributed by atoms with Crippen LogP contribution in [0.15, 0.2) is 151 Å². The summed E-state index contributed by atoms with van der Waals surface area (Å²) in [4.78, 5) is 11.0. The van der Waals surface area contributed by atoms with Crippen LogP contribution < -0.4 is 0 Å².